The van der Waals surface area contributed by atoms with E-state index in [4.69, 9.17) is 4.74 Å². The van der Waals surface area contributed by atoms with Gasteiger partial charge in [0.05, 0.1) is 12.8 Å². The van der Waals surface area contributed by atoms with Crippen molar-refractivity contribution >= 4 is 22.6 Å². The molecule has 3 aromatic heterocycles. The number of anilines is 1. The number of hydrogen-bond donors (Lipinski definition) is 2. The van der Waals surface area contributed by atoms with Crippen molar-refractivity contribution in [2.24, 2.45) is 0 Å². The normalized spacial score (nSPS) is 10.8. The van der Waals surface area contributed by atoms with Gasteiger partial charge in [0.2, 0.25) is 5.91 Å². The number of hydrogen-bond acceptors (Lipinski definition) is 4. The molecule has 0 atom stereocenters. The Kier molecular flexibility index (Phi) is 5.02. The highest BCUT2D eigenvalue weighted by molar-refractivity contribution is 6.00. The topological polar surface area (TPSA) is 79.9 Å². The smallest absolute Gasteiger partial charge is 0.247 e. The average molecular weight is 402 g/mol. The van der Waals surface area contributed by atoms with E-state index in [0.29, 0.717) is 5.56 Å². The molecule has 0 radical (unpaired) electrons. The Hall–Kier alpha value is -4.00. The summed E-state index contributed by atoms with van der Waals surface area (Å²) in [5.74, 6) is -1.14. The molecule has 2 N–H and O–H groups in total. The molecular formula is C23H19FN4O2. The van der Waals surface area contributed by atoms with Crippen molar-refractivity contribution in [3.63, 3.8) is 0 Å². The number of methoxy groups -OCH3 is 1. The maximum absolute atomic E-state index is 14.6. The second kappa shape index (κ2) is 7.79. The summed E-state index contributed by atoms with van der Waals surface area (Å²) in [6, 6.07) is 9.02. The number of amides is 1. The number of rotatable bonds is 5. The predicted molar refractivity (Wildman–Crippen MR) is 115 cm³/mol. The molecule has 0 aliphatic rings. The SMILES string of the molecule is C=CC(=O)Nc1cc(-c2cnc3[nH]cc(-c4ccnc(C)c4)c3c2)cc(OC)c1F. The van der Waals surface area contributed by atoms with Gasteiger partial charge in [0.1, 0.15) is 5.65 Å². The molecule has 1 aromatic carbocycles. The van der Waals surface area contributed by atoms with Crippen LogP contribution < -0.4 is 10.1 Å². The largest absolute Gasteiger partial charge is 0.494 e. The number of pyridine rings is 2. The summed E-state index contributed by atoms with van der Waals surface area (Å²) in [5.41, 5.74) is 5.06. The van der Waals surface area contributed by atoms with Crippen molar-refractivity contribution in [2.75, 3.05) is 12.4 Å². The number of aromatic amines is 1. The molecule has 4 aromatic rings. The minimum absolute atomic E-state index is 0.00778. The third kappa shape index (κ3) is 3.53. The molecule has 1 amide bonds. The van der Waals surface area contributed by atoms with E-state index in [1.807, 2.05) is 31.3 Å². The molecule has 0 saturated carbocycles. The van der Waals surface area contributed by atoms with Gasteiger partial charge < -0.3 is 15.0 Å². The Labute approximate surface area is 172 Å². The van der Waals surface area contributed by atoms with E-state index < -0.39 is 11.7 Å². The minimum Gasteiger partial charge on any atom is -0.494 e. The van der Waals surface area contributed by atoms with Crippen LogP contribution in [-0.2, 0) is 4.79 Å². The molecule has 0 spiro atoms. The van der Waals surface area contributed by atoms with Crippen LogP contribution in [-0.4, -0.2) is 28.0 Å². The van der Waals surface area contributed by atoms with Gasteiger partial charge in [-0.05, 0) is 54.5 Å². The number of nitrogens with zero attached hydrogens (tertiary/aromatic N) is 2. The van der Waals surface area contributed by atoms with Crippen LogP contribution in [0, 0.1) is 12.7 Å². The lowest BCUT2D eigenvalue weighted by molar-refractivity contribution is -0.111. The van der Waals surface area contributed by atoms with Crippen molar-refractivity contribution < 1.29 is 13.9 Å². The van der Waals surface area contributed by atoms with Gasteiger partial charge in [0.25, 0.3) is 0 Å². The standard InChI is InChI=1S/C23H19FN4O2/c1-4-21(29)28-19-9-15(10-20(30-3)22(19)24)16-8-17-18(12-27-23(17)26-11-16)14-5-6-25-13(2)7-14/h4-12H,1H2,2-3H3,(H,26,27)(H,28,29). The molecule has 0 aliphatic carbocycles. The number of aryl methyl sites for hydroxylation is 1. The van der Waals surface area contributed by atoms with Gasteiger partial charge in [-0.3, -0.25) is 9.78 Å². The van der Waals surface area contributed by atoms with Gasteiger partial charge in [0, 0.05) is 40.8 Å². The molecule has 0 aliphatic heterocycles. The molecule has 0 fully saturated rings. The van der Waals surface area contributed by atoms with E-state index in [9.17, 15) is 9.18 Å². The first-order valence-electron chi connectivity index (χ1n) is 9.21. The number of H-pyrrole nitrogens is 1. The zero-order chi connectivity index (χ0) is 21.3. The van der Waals surface area contributed by atoms with Crippen LogP contribution in [0.15, 0.2) is 61.6 Å². The van der Waals surface area contributed by atoms with Crippen LogP contribution in [0.2, 0.25) is 0 Å². The van der Waals surface area contributed by atoms with Crippen LogP contribution in [0.1, 0.15) is 5.69 Å². The van der Waals surface area contributed by atoms with Crippen LogP contribution in [0.5, 0.6) is 5.75 Å². The number of fused-ring (bicyclic) bond motifs is 1. The highest BCUT2D eigenvalue weighted by Crippen LogP contribution is 2.35. The van der Waals surface area contributed by atoms with Gasteiger partial charge in [0.15, 0.2) is 11.6 Å². The van der Waals surface area contributed by atoms with E-state index in [0.717, 1.165) is 39.5 Å². The summed E-state index contributed by atoms with van der Waals surface area (Å²) in [6.07, 6.45) is 6.43. The lowest BCUT2D eigenvalue weighted by atomic mass is 10.0. The van der Waals surface area contributed by atoms with Crippen LogP contribution in [0.4, 0.5) is 10.1 Å². The van der Waals surface area contributed by atoms with Gasteiger partial charge in [-0.15, -0.1) is 0 Å². The van der Waals surface area contributed by atoms with Crippen LogP contribution >= 0.6 is 0 Å². The minimum atomic E-state index is -0.653. The molecule has 0 saturated heterocycles. The highest BCUT2D eigenvalue weighted by atomic mass is 19.1. The Morgan fingerprint density at radius 1 is 1.20 bits per heavy atom. The van der Waals surface area contributed by atoms with Crippen LogP contribution in [0.3, 0.4) is 0 Å². The fourth-order valence-corrected chi connectivity index (χ4v) is 3.30. The fourth-order valence-electron chi connectivity index (χ4n) is 3.30. The number of nitrogens with one attached hydrogen (secondary N) is 2. The van der Waals surface area contributed by atoms with E-state index in [1.165, 1.54) is 7.11 Å². The summed E-state index contributed by atoms with van der Waals surface area (Å²) in [5, 5.41) is 3.39. The number of benzene rings is 1. The van der Waals surface area contributed by atoms with Gasteiger partial charge in [-0.2, -0.15) is 0 Å². The maximum atomic E-state index is 14.6. The lowest BCUT2D eigenvalue weighted by Gasteiger charge is -2.12. The first kappa shape index (κ1) is 19.3. The average Bonchev–Trinajstić information content (AvgIpc) is 3.18. The van der Waals surface area contributed by atoms with E-state index >= 15 is 0 Å². The summed E-state index contributed by atoms with van der Waals surface area (Å²) >= 11 is 0. The first-order chi connectivity index (χ1) is 14.5. The second-order valence-corrected chi connectivity index (χ2v) is 6.74. The Bertz CT molecular complexity index is 1280. The van der Waals surface area contributed by atoms with Crippen molar-refractivity contribution in [2.45, 2.75) is 6.92 Å². The third-order valence-corrected chi connectivity index (χ3v) is 4.77. The monoisotopic (exact) mass is 402 g/mol. The molecule has 4 rings (SSSR count). The van der Waals surface area contributed by atoms with Gasteiger partial charge in [-0.25, -0.2) is 9.37 Å². The van der Waals surface area contributed by atoms with Gasteiger partial charge in [-0.1, -0.05) is 6.58 Å². The number of ether oxygens (including phenoxy) is 1. The fraction of sp³-hybridized carbons (Fsp3) is 0.0870. The Balaban J connectivity index is 1.85. The first-order valence-corrected chi connectivity index (χ1v) is 9.21. The summed E-state index contributed by atoms with van der Waals surface area (Å²) in [7, 11) is 1.37. The predicted octanol–water partition coefficient (Wildman–Crippen LogP) is 4.87. The number of carbonyl (C=O) groups excluding carboxylic acids is 1. The van der Waals surface area contributed by atoms with Crippen molar-refractivity contribution in [3.8, 4) is 28.0 Å². The van der Waals surface area contributed by atoms with Crippen molar-refractivity contribution in [1.29, 1.82) is 0 Å². The zero-order valence-electron chi connectivity index (χ0n) is 16.5. The third-order valence-electron chi connectivity index (χ3n) is 4.77. The highest BCUT2D eigenvalue weighted by Gasteiger charge is 2.16. The Morgan fingerprint density at radius 2 is 2.03 bits per heavy atom. The number of aromatic nitrogens is 3. The molecule has 6 nitrogen and oxygen atoms in total. The lowest BCUT2D eigenvalue weighted by Crippen LogP contribution is -2.09. The van der Waals surface area contributed by atoms with Crippen LogP contribution in [0.25, 0.3) is 33.3 Å². The molecule has 150 valence electrons. The molecular weight excluding hydrogens is 383 g/mol. The van der Waals surface area contributed by atoms with E-state index in [2.05, 4.69) is 26.8 Å². The van der Waals surface area contributed by atoms with Gasteiger partial charge >= 0.3 is 0 Å². The molecule has 7 heteroatoms. The maximum Gasteiger partial charge on any atom is 0.247 e. The van der Waals surface area contributed by atoms with E-state index in [1.54, 1.807) is 24.5 Å². The number of carbonyl (C=O) groups is 1. The van der Waals surface area contributed by atoms with Crippen molar-refractivity contribution in [1.82, 2.24) is 15.0 Å². The molecule has 30 heavy (non-hydrogen) atoms. The molecule has 0 unspecified atom stereocenters. The quantitative estimate of drug-likeness (QED) is 0.467. The summed E-state index contributed by atoms with van der Waals surface area (Å²) in [6.45, 7) is 5.34. The summed E-state index contributed by atoms with van der Waals surface area (Å²) in [4.78, 5) is 23.6. The summed E-state index contributed by atoms with van der Waals surface area (Å²) < 4.78 is 19.7. The molecule has 0 bridgehead atoms. The Morgan fingerprint density at radius 3 is 2.77 bits per heavy atom. The van der Waals surface area contributed by atoms with E-state index in [-0.39, 0.29) is 11.4 Å². The zero-order valence-corrected chi connectivity index (χ0v) is 16.5. The number of halogens is 1. The second-order valence-electron chi connectivity index (χ2n) is 6.74. The van der Waals surface area contributed by atoms with Crippen molar-refractivity contribution in [3.05, 3.63) is 73.1 Å². The molecule has 3 heterocycles.